The van der Waals surface area contributed by atoms with Gasteiger partial charge in [0.1, 0.15) is 0 Å². The highest BCUT2D eigenvalue weighted by Crippen LogP contribution is 2.47. The van der Waals surface area contributed by atoms with Crippen LogP contribution in [-0.2, 0) is 18.4 Å². The van der Waals surface area contributed by atoms with Crippen LogP contribution in [0.15, 0.2) is 36.7 Å². The molecule has 0 bridgehead atoms. The number of aryl methyl sites for hydroxylation is 2. The second kappa shape index (κ2) is 7.03. The first-order valence-electron chi connectivity index (χ1n) is 10.7. The lowest BCUT2D eigenvalue weighted by Gasteiger charge is -2.35. The summed E-state index contributed by atoms with van der Waals surface area (Å²) >= 11 is 0. The maximum absolute atomic E-state index is 13.2. The molecule has 0 spiro atoms. The summed E-state index contributed by atoms with van der Waals surface area (Å²) in [5.74, 6) is 1.79. The predicted molar refractivity (Wildman–Crippen MR) is 108 cm³/mol. The van der Waals surface area contributed by atoms with Crippen LogP contribution >= 0.6 is 0 Å². The third-order valence-corrected chi connectivity index (χ3v) is 7.15. The Kier molecular flexibility index (Phi) is 4.50. The Morgan fingerprint density at radius 2 is 2.00 bits per heavy atom. The van der Waals surface area contributed by atoms with Crippen LogP contribution in [0.1, 0.15) is 42.0 Å². The van der Waals surface area contributed by atoms with Crippen LogP contribution in [0, 0.1) is 24.7 Å². The lowest BCUT2D eigenvalue weighted by molar-refractivity contribution is -0.139. The van der Waals surface area contributed by atoms with Gasteiger partial charge in [-0.1, -0.05) is 30.7 Å². The number of fused-ring (bicyclic) bond motifs is 1. The molecule has 1 amide bonds. The normalized spacial score (nSPS) is 27.8. The summed E-state index contributed by atoms with van der Waals surface area (Å²) in [4.78, 5) is 18.0. The molecule has 2 aliphatic heterocycles. The van der Waals surface area contributed by atoms with Crippen molar-refractivity contribution in [3.63, 3.8) is 0 Å². The third-order valence-electron chi connectivity index (χ3n) is 7.15. The number of likely N-dealkylation sites (tertiary alicyclic amines) is 2. The number of rotatable bonds is 4. The van der Waals surface area contributed by atoms with Gasteiger partial charge in [0.05, 0.1) is 12.2 Å². The van der Waals surface area contributed by atoms with Crippen molar-refractivity contribution in [3.8, 4) is 0 Å². The van der Waals surface area contributed by atoms with Crippen LogP contribution in [-0.4, -0.2) is 45.1 Å². The van der Waals surface area contributed by atoms with Crippen LogP contribution in [0.5, 0.6) is 0 Å². The van der Waals surface area contributed by atoms with Crippen molar-refractivity contribution in [2.75, 3.05) is 19.6 Å². The summed E-state index contributed by atoms with van der Waals surface area (Å²) < 4.78 is 1.88. The average molecular weight is 379 g/mol. The second-order valence-corrected chi connectivity index (χ2v) is 9.06. The van der Waals surface area contributed by atoms with Gasteiger partial charge >= 0.3 is 0 Å². The van der Waals surface area contributed by atoms with E-state index in [1.807, 2.05) is 17.9 Å². The van der Waals surface area contributed by atoms with Gasteiger partial charge in [0.2, 0.25) is 5.91 Å². The zero-order chi connectivity index (χ0) is 19.3. The largest absolute Gasteiger partial charge is 0.335 e. The minimum Gasteiger partial charge on any atom is -0.335 e. The van der Waals surface area contributed by atoms with Crippen LogP contribution in [0.4, 0.5) is 0 Å². The summed E-state index contributed by atoms with van der Waals surface area (Å²) in [6.45, 7) is 6.21. The van der Waals surface area contributed by atoms with Gasteiger partial charge in [-0.2, -0.15) is 5.10 Å². The van der Waals surface area contributed by atoms with Crippen LogP contribution in [0.2, 0.25) is 0 Å². The molecule has 2 saturated heterocycles. The number of amides is 1. The van der Waals surface area contributed by atoms with Gasteiger partial charge in [-0.3, -0.25) is 14.4 Å². The topological polar surface area (TPSA) is 41.4 Å². The first-order valence-corrected chi connectivity index (χ1v) is 10.7. The van der Waals surface area contributed by atoms with Crippen molar-refractivity contribution in [2.45, 2.75) is 38.8 Å². The Hall–Kier alpha value is -2.14. The second-order valence-electron chi connectivity index (χ2n) is 9.06. The number of hydrogen-bond acceptors (Lipinski definition) is 3. The zero-order valence-electron chi connectivity index (χ0n) is 16.9. The Bertz CT molecular complexity index is 871. The van der Waals surface area contributed by atoms with E-state index in [1.165, 1.54) is 23.1 Å². The van der Waals surface area contributed by atoms with Crippen LogP contribution in [0.25, 0.3) is 0 Å². The highest BCUT2D eigenvalue weighted by Gasteiger charge is 2.50. The van der Waals surface area contributed by atoms with Crippen LogP contribution < -0.4 is 0 Å². The lowest BCUT2D eigenvalue weighted by atomic mass is 9.83. The molecule has 1 aliphatic carbocycles. The molecule has 2 aromatic rings. The SMILES string of the molecule is Cc1ccccc1[C@@H]1[C@H]2CN(Cc3cnn(C)c3)C[C@H]2CN1C(=O)C1CCC1. The molecule has 1 saturated carbocycles. The van der Waals surface area contributed by atoms with E-state index in [9.17, 15) is 4.79 Å². The number of carbonyl (C=O) groups is 1. The van der Waals surface area contributed by atoms with E-state index >= 15 is 0 Å². The molecule has 0 unspecified atom stereocenters. The summed E-state index contributed by atoms with van der Waals surface area (Å²) in [6, 6.07) is 8.90. The van der Waals surface area contributed by atoms with Crippen molar-refractivity contribution < 1.29 is 4.79 Å². The number of benzene rings is 1. The third kappa shape index (κ3) is 3.06. The molecule has 5 nitrogen and oxygen atoms in total. The maximum Gasteiger partial charge on any atom is 0.226 e. The van der Waals surface area contributed by atoms with Gasteiger partial charge in [-0.25, -0.2) is 0 Å². The van der Waals surface area contributed by atoms with Crippen LogP contribution in [0.3, 0.4) is 0 Å². The number of carbonyl (C=O) groups excluding carboxylic acids is 1. The Labute approximate surface area is 167 Å². The maximum atomic E-state index is 13.2. The molecule has 3 fully saturated rings. The van der Waals surface area contributed by atoms with Crippen molar-refractivity contribution in [2.24, 2.45) is 24.8 Å². The molecule has 3 aliphatic rings. The number of aromatic nitrogens is 2. The molecule has 3 heterocycles. The highest BCUT2D eigenvalue weighted by atomic mass is 16.2. The smallest absolute Gasteiger partial charge is 0.226 e. The molecule has 1 aromatic heterocycles. The minimum absolute atomic E-state index is 0.234. The van der Waals surface area contributed by atoms with Gasteiger partial charge < -0.3 is 4.90 Å². The summed E-state index contributed by atoms with van der Waals surface area (Å²) in [5, 5.41) is 4.31. The van der Waals surface area contributed by atoms with E-state index in [0.29, 0.717) is 17.7 Å². The average Bonchev–Trinajstić information content (AvgIpc) is 3.28. The fourth-order valence-electron chi connectivity index (χ4n) is 5.51. The summed E-state index contributed by atoms with van der Waals surface area (Å²) in [6.07, 6.45) is 7.46. The molecule has 1 aromatic carbocycles. The fourth-order valence-corrected chi connectivity index (χ4v) is 5.51. The van der Waals surface area contributed by atoms with E-state index in [0.717, 1.165) is 39.0 Å². The minimum atomic E-state index is 0.234. The summed E-state index contributed by atoms with van der Waals surface area (Å²) in [5.41, 5.74) is 3.94. The molecule has 148 valence electrons. The van der Waals surface area contributed by atoms with Crippen molar-refractivity contribution >= 4 is 5.91 Å². The Morgan fingerprint density at radius 1 is 1.18 bits per heavy atom. The van der Waals surface area contributed by atoms with Gasteiger partial charge in [0.15, 0.2) is 0 Å². The van der Waals surface area contributed by atoms with Crippen molar-refractivity contribution in [1.82, 2.24) is 19.6 Å². The molecule has 0 N–H and O–H groups in total. The van der Waals surface area contributed by atoms with Gasteiger partial charge in [-0.15, -0.1) is 0 Å². The van der Waals surface area contributed by atoms with E-state index in [-0.39, 0.29) is 12.0 Å². The predicted octanol–water partition coefficient (Wildman–Crippen LogP) is 3.16. The molecular formula is C23H30N4O. The quantitative estimate of drug-likeness (QED) is 0.821. The Morgan fingerprint density at radius 3 is 2.68 bits per heavy atom. The first kappa shape index (κ1) is 17.9. The zero-order valence-corrected chi connectivity index (χ0v) is 16.9. The fraction of sp³-hybridized carbons (Fsp3) is 0.565. The standard InChI is InChI=1S/C23H30N4O/c1-16-6-3-4-9-20(16)22-21-15-26(12-17-10-24-25(2)11-17)13-19(21)14-27(22)23(28)18-7-5-8-18/h3-4,6,9-11,18-19,21-22H,5,7-8,12-15H2,1-2H3/t19-,21-,22+/m0/s1. The highest BCUT2D eigenvalue weighted by molar-refractivity contribution is 5.80. The monoisotopic (exact) mass is 378 g/mol. The van der Waals surface area contributed by atoms with E-state index < -0.39 is 0 Å². The number of hydrogen-bond donors (Lipinski definition) is 0. The molecule has 0 radical (unpaired) electrons. The van der Waals surface area contributed by atoms with E-state index in [2.05, 4.69) is 52.3 Å². The van der Waals surface area contributed by atoms with E-state index in [4.69, 9.17) is 0 Å². The van der Waals surface area contributed by atoms with E-state index in [1.54, 1.807) is 0 Å². The summed E-state index contributed by atoms with van der Waals surface area (Å²) in [7, 11) is 1.97. The van der Waals surface area contributed by atoms with Crippen molar-refractivity contribution in [3.05, 3.63) is 53.3 Å². The van der Waals surface area contributed by atoms with Gasteiger partial charge in [-0.05, 0) is 36.8 Å². The van der Waals surface area contributed by atoms with Gasteiger partial charge in [0.25, 0.3) is 0 Å². The number of nitrogens with zero attached hydrogens (tertiary/aromatic N) is 4. The molecule has 28 heavy (non-hydrogen) atoms. The lowest BCUT2D eigenvalue weighted by Crippen LogP contribution is -2.41. The molecular weight excluding hydrogens is 348 g/mol. The van der Waals surface area contributed by atoms with Gasteiger partial charge in [0, 0.05) is 56.8 Å². The Balaban J connectivity index is 1.40. The molecule has 5 heteroatoms. The first-order chi connectivity index (χ1) is 13.6. The molecule has 3 atom stereocenters. The van der Waals surface area contributed by atoms with Crippen molar-refractivity contribution in [1.29, 1.82) is 0 Å². The molecule has 5 rings (SSSR count).